The quantitative estimate of drug-likeness (QED) is 0.770. The average Bonchev–Trinajstić information content (AvgIpc) is 2.59. The lowest BCUT2D eigenvalue weighted by Crippen LogP contribution is -1.97. The van der Waals surface area contributed by atoms with Crippen molar-refractivity contribution in [2.45, 2.75) is 6.92 Å². The van der Waals surface area contributed by atoms with Crippen LogP contribution in [0.15, 0.2) is 18.2 Å². The minimum Gasteiger partial charge on any atom is -0.331 e. The highest BCUT2D eigenvalue weighted by atomic mass is 35.5. The maximum Gasteiger partial charge on any atom is 0.170 e. The van der Waals surface area contributed by atoms with Crippen molar-refractivity contribution in [1.82, 2.24) is 9.55 Å². The van der Waals surface area contributed by atoms with Crippen molar-refractivity contribution in [2.24, 2.45) is 7.05 Å². The molecule has 1 aromatic heterocycles. The summed E-state index contributed by atoms with van der Waals surface area (Å²) in [5, 5.41) is 0.414. The molecule has 0 saturated heterocycles. The van der Waals surface area contributed by atoms with Crippen molar-refractivity contribution in [3.63, 3.8) is 0 Å². The zero-order chi connectivity index (χ0) is 12.6. The molecule has 0 saturated carbocycles. The molecule has 0 atom stereocenters. The third-order valence-electron chi connectivity index (χ3n) is 2.64. The number of rotatable bonds is 2. The van der Waals surface area contributed by atoms with Gasteiger partial charge in [0.25, 0.3) is 0 Å². The van der Waals surface area contributed by atoms with Gasteiger partial charge in [0.05, 0.1) is 5.69 Å². The van der Waals surface area contributed by atoms with Gasteiger partial charge in [-0.3, -0.25) is 4.79 Å². The number of nitrogens with zero attached hydrogens (tertiary/aromatic N) is 2. The lowest BCUT2D eigenvalue weighted by molar-refractivity contribution is 0.112. The van der Waals surface area contributed by atoms with Crippen LogP contribution in [0, 0.1) is 12.7 Å². The van der Waals surface area contributed by atoms with Gasteiger partial charge in [0.2, 0.25) is 0 Å². The lowest BCUT2D eigenvalue weighted by Gasteiger charge is -2.06. The van der Waals surface area contributed by atoms with Crippen LogP contribution in [0.1, 0.15) is 16.3 Å². The van der Waals surface area contributed by atoms with E-state index < -0.39 is 5.82 Å². The topological polar surface area (TPSA) is 34.9 Å². The maximum absolute atomic E-state index is 13.7. The first-order valence-corrected chi connectivity index (χ1v) is 5.36. The first-order chi connectivity index (χ1) is 8.04. The number of carbonyl (C=O) groups excluding carboxylic acids is 1. The fourth-order valence-electron chi connectivity index (χ4n) is 1.72. The summed E-state index contributed by atoms with van der Waals surface area (Å²) in [5.41, 5.74) is 0.936. The maximum atomic E-state index is 13.7. The van der Waals surface area contributed by atoms with Gasteiger partial charge in [-0.05, 0) is 25.1 Å². The van der Waals surface area contributed by atoms with Crippen LogP contribution in [0.4, 0.5) is 4.39 Å². The van der Waals surface area contributed by atoms with E-state index in [-0.39, 0.29) is 11.3 Å². The fourth-order valence-corrected chi connectivity index (χ4v) is 1.89. The van der Waals surface area contributed by atoms with Gasteiger partial charge in [0.1, 0.15) is 17.3 Å². The first-order valence-electron chi connectivity index (χ1n) is 4.98. The highest BCUT2D eigenvalue weighted by Crippen LogP contribution is 2.28. The Morgan fingerprint density at radius 2 is 2.18 bits per heavy atom. The average molecular weight is 253 g/mol. The van der Waals surface area contributed by atoms with Gasteiger partial charge >= 0.3 is 0 Å². The van der Waals surface area contributed by atoms with Crippen molar-refractivity contribution in [1.29, 1.82) is 0 Å². The molecule has 0 spiro atoms. The Hall–Kier alpha value is -1.68. The van der Waals surface area contributed by atoms with Gasteiger partial charge in [-0.2, -0.15) is 0 Å². The molecule has 1 heterocycles. The first kappa shape index (κ1) is 11.8. The SMILES string of the molecule is Cc1nc(C=O)c(-c2cc(Cl)ccc2F)n1C. The molecule has 88 valence electrons. The van der Waals surface area contributed by atoms with Gasteiger partial charge in [-0.1, -0.05) is 11.6 Å². The Bertz CT molecular complexity index is 592. The van der Waals surface area contributed by atoms with Crippen LogP contribution in [0.2, 0.25) is 5.02 Å². The highest BCUT2D eigenvalue weighted by Gasteiger charge is 2.17. The summed E-state index contributed by atoms with van der Waals surface area (Å²) >= 11 is 5.84. The van der Waals surface area contributed by atoms with Crippen LogP contribution in [-0.4, -0.2) is 15.8 Å². The predicted molar refractivity (Wildman–Crippen MR) is 63.7 cm³/mol. The predicted octanol–water partition coefficient (Wildman–Crippen LogP) is 3.00. The molecule has 2 aromatic rings. The Morgan fingerprint density at radius 1 is 1.47 bits per heavy atom. The number of aromatic nitrogens is 2. The number of aryl methyl sites for hydroxylation is 1. The molecule has 0 radical (unpaired) electrons. The Labute approximate surface area is 103 Å². The van der Waals surface area contributed by atoms with E-state index in [1.807, 2.05) is 0 Å². The molecule has 3 nitrogen and oxygen atoms in total. The van der Waals surface area contributed by atoms with E-state index in [0.29, 0.717) is 22.8 Å². The van der Waals surface area contributed by atoms with Crippen molar-refractivity contribution in [2.75, 3.05) is 0 Å². The summed E-state index contributed by atoms with van der Waals surface area (Å²) in [6.45, 7) is 1.75. The molecule has 0 fully saturated rings. The second kappa shape index (κ2) is 4.30. The minimum absolute atomic E-state index is 0.214. The second-order valence-corrected chi connectivity index (χ2v) is 4.13. The van der Waals surface area contributed by atoms with E-state index in [0.717, 1.165) is 0 Å². The molecule has 0 aliphatic carbocycles. The summed E-state index contributed by atoms with van der Waals surface area (Å²) in [4.78, 5) is 15.0. The molecule has 0 amide bonds. The second-order valence-electron chi connectivity index (χ2n) is 3.69. The molecule has 0 bridgehead atoms. The van der Waals surface area contributed by atoms with E-state index in [4.69, 9.17) is 11.6 Å². The van der Waals surface area contributed by atoms with E-state index in [2.05, 4.69) is 4.98 Å². The van der Waals surface area contributed by atoms with Crippen molar-refractivity contribution < 1.29 is 9.18 Å². The summed E-state index contributed by atoms with van der Waals surface area (Å²) in [7, 11) is 1.73. The van der Waals surface area contributed by atoms with Crippen LogP contribution in [0.25, 0.3) is 11.3 Å². The lowest BCUT2D eigenvalue weighted by atomic mass is 10.1. The number of aldehydes is 1. The molecule has 0 aliphatic rings. The summed E-state index contributed by atoms with van der Waals surface area (Å²) in [6, 6.07) is 4.22. The largest absolute Gasteiger partial charge is 0.331 e. The molecule has 0 N–H and O–H groups in total. The third kappa shape index (κ3) is 1.96. The van der Waals surface area contributed by atoms with Crippen molar-refractivity contribution in [3.05, 3.63) is 40.6 Å². The number of benzene rings is 1. The molecule has 2 rings (SSSR count). The molecule has 0 unspecified atom stereocenters. The van der Waals surface area contributed by atoms with E-state index in [9.17, 15) is 9.18 Å². The van der Waals surface area contributed by atoms with E-state index in [1.165, 1.54) is 18.2 Å². The van der Waals surface area contributed by atoms with Gasteiger partial charge in [-0.25, -0.2) is 9.37 Å². The van der Waals surface area contributed by atoms with Gasteiger partial charge in [0, 0.05) is 17.6 Å². The number of hydrogen-bond donors (Lipinski definition) is 0. The van der Waals surface area contributed by atoms with Crippen LogP contribution in [-0.2, 0) is 7.05 Å². The van der Waals surface area contributed by atoms with Gasteiger partial charge in [0.15, 0.2) is 6.29 Å². The molecule has 0 aliphatic heterocycles. The normalized spacial score (nSPS) is 10.6. The third-order valence-corrected chi connectivity index (χ3v) is 2.88. The number of imidazole rings is 1. The monoisotopic (exact) mass is 252 g/mol. The van der Waals surface area contributed by atoms with Crippen LogP contribution < -0.4 is 0 Å². The highest BCUT2D eigenvalue weighted by molar-refractivity contribution is 6.30. The van der Waals surface area contributed by atoms with Crippen LogP contribution in [0.5, 0.6) is 0 Å². The Morgan fingerprint density at radius 3 is 2.82 bits per heavy atom. The van der Waals surface area contributed by atoms with Crippen LogP contribution in [0.3, 0.4) is 0 Å². The number of halogens is 2. The summed E-state index contributed by atoms with van der Waals surface area (Å²) < 4.78 is 15.4. The summed E-state index contributed by atoms with van der Waals surface area (Å²) in [5.74, 6) is 0.210. The van der Waals surface area contributed by atoms with Crippen molar-refractivity contribution >= 4 is 17.9 Å². The molecule has 1 aromatic carbocycles. The molecule has 17 heavy (non-hydrogen) atoms. The fraction of sp³-hybridized carbons (Fsp3) is 0.167. The van der Waals surface area contributed by atoms with Crippen LogP contribution >= 0.6 is 11.6 Å². The van der Waals surface area contributed by atoms with Gasteiger partial charge in [-0.15, -0.1) is 0 Å². The molecule has 5 heteroatoms. The smallest absolute Gasteiger partial charge is 0.170 e. The number of carbonyl (C=O) groups is 1. The van der Waals surface area contributed by atoms with E-state index >= 15 is 0 Å². The van der Waals surface area contributed by atoms with E-state index in [1.54, 1.807) is 18.5 Å². The number of hydrogen-bond acceptors (Lipinski definition) is 2. The summed E-state index contributed by atoms with van der Waals surface area (Å²) in [6.07, 6.45) is 0.614. The Balaban J connectivity index is 2.75. The zero-order valence-corrected chi connectivity index (χ0v) is 10.1. The Kier molecular flexibility index (Phi) is 2.98. The van der Waals surface area contributed by atoms with Gasteiger partial charge < -0.3 is 4.57 Å². The van der Waals surface area contributed by atoms with Crippen molar-refractivity contribution in [3.8, 4) is 11.3 Å². The minimum atomic E-state index is -0.430. The molecular weight excluding hydrogens is 243 g/mol. The molecular formula is C12H10ClFN2O. The zero-order valence-electron chi connectivity index (χ0n) is 9.37. The standard InChI is InChI=1S/C12H10ClFN2O/c1-7-15-11(6-17)12(16(7)2)9-5-8(13)3-4-10(9)14/h3-6H,1-2H3.